The molecule has 0 spiro atoms. The van der Waals surface area contributed by atoms with Crippen LogP contribution in [0, 0.1) is 20.8 Å². The van der Waals surface area contributed by atoms with Crippen LogP contribution in [0.4, 0.5) is 0 Å². The Bertz CT molecular complexity index is 1090. The largest absolute Gasteiger partial charge is 0.352 e. The van der Waals surface area contributed by atoms with Crippen LogP contribution >= 0.6 is 0 Å². The number of aryl methyl sites for hydroxylation is 4. The molecule has 1 amide bonds. The van der Waals surface area contributed by atoms with E-state index < -0.39 is 0 Å². The maximum atomic E-state index is 12.6. The van der Waals surface area contributed by atoms with Gasteiger partial charge in [0.2, 0.25) is 0 Å². The molecule has 7 nitrogen and oxygen atoms in total. The molecule has 0 radical (unpaired) electrons. The third-order valence-electron chi connectivity index (χ3n) is 5.18. The Morgan fingerprint density at radius 1 is 1.11 bits per heavy atom. The van der Waals surface area contributed by atoms with E-state index in [0.717, 1.165) is 29.9 Å². The molecule has 28 heavy (non-hydrogen) atoms. The van der Waals surface area contributed by atoms with Crippen LogP contribution in [0.1, 0.15) is 46.9 Å². The van der Waals surface area contributed by atoms with Crippen LogP contribution in [0.5, 0.6) is 0 Å². The number of amides is 1. The van der Waals surface area contributed by atoms with Crippen molar-refractivity contribution >= 4 is 16.9 Å². The van der Waals surface area contributed by atoms with Gasteiger partial charge in [0, 0.05) is 30.9 Å². The first kappa shape index (κ1) is 19.8. The van der Waals surface area contributed by atoms with E-state index in [-0.39, 0.29) is 11.5 Å². The van der Waals surface area contributed by atoms with Gasteiger partial charge >= 0.3 is 0 Å². The second-order valence-corrected chi connectivity index (χ2v) is 6.92. The van der Waals surface area contributed by atoms with Crippen LogP contribution < -0.4 is 10.9 Å². The van der Waals surface area contributed by atoms with Gasteiger partial charge in [-0.25, -0.2) is 4.98 Å². The molecule has 0 fully saturated rings. The Hall–Kier alpha value is -2.96. The number of carbonyl (C=O) groups is 1. The Labute approximate surface area is 164 Å². The molecule has 2 aromatic heterocycles. The Balaban J connectivity index is 1.76. The summed E-state index contributed by atoms with van der Waals surface area (Å²) < 4.78 is 3.66. The van der Waals surface area contributed by atoms with Gasteiger partial charge in [-0.05, 0) is 64.8 Å². The lowest BCUT2D eigenvalue weighted by atomic mass is 10.1. The highest BCUT2D eigenvalue weighted by molar-refractivity contribution is 5.97. The summed E-state index contributed by atoms with van der Waals surface area (Å²) in [4.78, 5) is 29.2. The van der Waals surface area contributed by atoms with Crippen molar-refractivity contribution in [3.8, 4) is 0 Å². The molecule has 1 aromatic carbocycles. The highest BCUT2D eigenvalue weighted by atomic mass is 16.1. The summed E-state index contributed by atoms with van der Waals surface area (Å²) in [5, 5.41) is 7.49. The summed E-state index contributed by atoms with van der Waals surface area (Å²) in [6, 6.07) is 5.28. The average Bonchev–Trinajstić information content (AvgIpc) is 2.96. The van der Waals surface area contributed by atoms with Gasteiger partial charge in [0.1, 0.15) is 5.69 Å². The van der Waals surface area contributed by atoms with E-state index in [1.807, 2.05) is 18.5 Å². The third kappa shape index (κ3) is 3.56. The zero-order valence-corrected chi connectivity index (χ0v) is 17.2. The second-order valence-electron chi connectivity index (χ2n) is 6.92. The van der Waals surface area contributed by atoms with Crippen molar-refractivity contribution in [1.82, 2.24) is 24.6 Å². The molecule has 0 saturated carbocycles. The summed E-state index contributed by atoms with van der Waals surface area (Å²) in [7, 11) is 0. The minimum absolute atomic E-state index is 0.0921. The monoisotopic (exact) mass is 381 g/mol. The molecule has 0 aliphatic heterocycles. The van der Waals surface area contributed by atoms with Crippen molar-refractivity contribution in [2.45, 2.75) is 54.1 Å². The summed E-state index contributed by atoms with van der Waals surface area (Å²) in [5.74, 6) is -0.145. The number of nitrogens with one attached hydrogen (secondary N) is 1. The Kier molecular flexibility index (Phi) is 5.63. The number of benzene rings is 1. The second kappa shape index (κ2) is 7.96. The summed E-state index contributed by atoms with van der Waals surface area (Å²) >= 11 is 0. The SMILES string of the molecule is CCn1nc(C)c(CCNC(=O)c2ccc3c(c2)nc(C)c(=O)n3CC)c1C. The lowest BCUT2D eigenvalue weighted by molar-refractivity contribution is 0.0954. The molecule has 7 heteroatoms. The summed E-state index contributed by atoms with van der Waals surface area (Å²) in [6.07, 6.45) is 0.740. The van der Waals surface area contributed by atoms with E-state index in [1.54, 1.807) is 29.7 Å². The predicted octanol–water partition coefficient (Wildman–Crippen LogP) is 2.53. The fourth-order valence-corrected chi connectivity index (χ4v) is 3.64. The number of carbonyl (C=O) groups excluding carboxylic acids is 1. The van der Waals surface area contributed by atoms with Gasteiger partial charge in [-0.3, -0.25) is 14.3 Å². The average molecular weight is 381 g/mol. The number of fused-ring (bicyclic) bond motifs is 1. The molecule has 0 bridgehead atoms. The molecule has 0 atom stereocenters. The lowest BCUT2D eigenvalue weighted by Gasteiger charge is -2.10. The van der Waals surface area contributed by atoms with Crippen LogP contribution in [0.2, 0.25) is 0 Å². The zero-order valence-electron chi connectivity index (χ0n) is 17.2. The number of hydrogen-bond acceptors (Lipinski definition) is 4. The van der Waals surface area contributed by atoms with Crippen molar-refractivity contribution < 1.29 is 4.79 Å². The highest BCUT2D eigenvalue weighted by Gasteiger charge is 2.13. The van der Waals surface area contributed by atoms with Crippen molar-refractivity contribution in [1.29, 1.82) is 0 Å². The van der Waals surface area contributed by atoms with Crippen LogP contribution in [0.3, 0.4) is 0 Å². The molecule has 0 aliphatic rings. The highest BCUT2D eigenvalue weighted by Crippen LogP contribution is 2.15. The molecule has 2 heterocycles. The van der Waals surface area contributed by atoms with E-state index in [2.05, 4.69) is 29.2 Å². The minimum Gasteiger partial charge on any atom is -0.352 e. The molecule has 148 valence electrons. The molecule has 0 unspecified atom stereocenters. The summed E-state index contributed by atoms with van der Waals surface area (Å²) in [5.41, 5.74) is 5.63. The summed E-state index contributed by atoms with van der Waals surface area (Å²) in [6.45, 7) is 11.7. The van der Waals surface area contributed by atoms with E-state index in [9.17, 15) is 9.59 Å². The molecule has 3 aromatic rings. The minimum atomic E-state index is -0.145. The Morgan fingerprint density at radius 2 is 1.86 bits per heavy atom. The van der Waals surface area contributed by atoms with Gasteiger partial charge in [0.25, 0.3) is 11.5 Å². The van der Waals surface area contributed by atoms with E-state index in [0.29, 0.717) is 29.9 Å². The normalized spacial score (nSPS) is 11.2. The van der Waals surface area contributed by atoms with Gasteiger partial charge < -0.3 is 9.88 Å². The molecule has 0 saturated heterocycles. The van der Waals surface area contributed by atoms with Gasteiger partial charge in [-0.2, -0.15) is 5.10 Å². The topological polar surface area (TPSA) is 81.8 Å². The number of aromatic nitrogens is 4. The number of nitrogens with zero attached hydrogens (tertiary/aromatic N) is 4. The quantitative estimate of drug-likeness (QED) is 0.711. The van der Waals surface area contributed by atoms with Gasteiger partial charge in [0.05, 0.1) is 16.7 Å². The van der Waals surface area contributed by atoms with Crippen LogP contribution in [0.15, 0.2) is 23.0 Å². The molecule has 3 rings (SSSR count). The number of hydrogen-bond donors (Lipinski definition) is 1. The first-order chi connectivity index (χ1) is 13.4. The maximum Gasteiger partial charge on any atom is 0.272 e. The molecular weight excluding hydrogens is 354 g/mol. The smallest absolute Gasteiger partial charge is 0.272 e. The molecule has 1 N–H and O–H groups in total. The fourth-order valence-electron chi connectivity index (χ4n) is 3.64. The van der Waals surface area contributed by atoms with Crippen LogP contribution in [-0.2, 0) is 19.5 Å². The first-order valence-electron chi connectivity index (χ1n) is 9.69. The molecule has 0 aliphatic carbocycles. The fraction of sp³-hybridized carbons (Fsp3) is 0.429. The van der Waals surface area contributed by atoms with Crippen molar-refractivity contribution in [2.75, 3.05) is 6.54 Å². The molecular formula is C21H27N5O2. The van der Waals surface area contributed by atoms with Crippen LogP contribution in [-0.4, -0.2) is 31.8 Å². The first-order valence-corrected chi connectivity index (χ1v) is 9.69. The predicted molar refractivity (Wildman–Crippen MR) is 110 cm³/mol. The van der Waals surface area contributed by atoms with Gasteiger partial charge in [-0.15, -0.1) is 0 Å². The standard InChI is InChI=1S/C21H27N5O2/c1-6-25-19-9-8-16(12-18(19)23-14(4)21(25)28)20(27)22-11-10-17-13(3)24-26(7-2)15(17)5/h8-9,12H,6-7,10-11H2,1-5H3,(H,22,27). The van der Waals surface area contributed by atoms with E-state index in [1.165, 1.54) is 5.56 Å². The van der Waals surface area contributed by atoms with E-state index in [4.69, 9.17) is 0 Å². The van der Waals surface area contributed by atoms with Crippen molar-refractivity contribution in [3.63, 3.8) is 0 Å². The van der Waals surface area contributed by atoms with Gasteiger partial charge in [-0.1, -0.05) is 0 Å². The van der Waals surface area contributed by atoms with Crippen molar-refractivity contribution in [3.05, 3.63) is 56.8 Å². The van der Waals surface area contributed by atoms with E-state index >= 15 is 0 Å². The maximum absolute atomic E-state index is 12.6. The zero-order chi connectivity index (χ0) is 20.4. The Morgan fingerprint density at radius 3 is 2.50 bits per heavy atom. The van der Waals surface area contributed by atoms with Crippen LogP contribution in [0.25, 0.3) is 11.0 Å². The van der Waals surface area contributed by atoms with Gasteiger partial charge in [0.15, 0.2) is 0 Å². The number of rotatable bonds is 6. The van der Waals surface area contributed by atoms with Crippen molar-refractivity contribution in [2.24, 2.45) is 0 Å². The third-order valence-corrected chi connectivity index (χ3v) is 5.18. The lowest BCUT2D eigenvalue weighted by Crippen LogP contribution is -2.26.